The molecule has 3 atom stereocenters. The smallest absolute Gasteiger partial charge is 0.475 e. The summed E-state index contributed by atoms with van der Waals surface area (Å²) in [6, 6.07) is 3.83. The molecule has 8 nitrogen and oxygen atoms in total. The number of aliphatic carboxylic acids is 1. The summed E-state index contributed by atoms with van der Waals surface area (Å²) in [7, 11) is -1.45. The molecule has 1 aromatic rings. The summed E-state index contributed by atoms with van der Waals surface area (Å²) in [5, 5.41) is 7.12. The molecular weight excluding hydrogens is 405 g/mol. The van der Waals surface area contributed by atoms with Crippen LogP contribution in [-0.4, -0.2) is 80.0 Å². The third-order valence-corrected chi connectivity index (χ3v) is 6.13. The predicted octanol–water partition coefficient (Wildman–Crippen LogP) is 1.39. The molecule has 2 aliphatic rings. The Morgan fingerprint density at radius 1 is 1.39 bits per heavy atom. The standard InChI is InChI=1S/C14H22N2O4S.C2HF3O2/c1-19-14-5-6-16(21(2,17)18)13-10-15(9-12(13)14)8-11-4-3-7-20-11;3-2(4,5)1(6)7/h3-4,7,12-14H,5-6,8-10H2,1-2H3;(H,6,7)/t12-,13+,14-;/m0./s1. The lowest BCUT2D eigenvalue weighted by atomic mass is 9.91. The van der Waals surface area contributed by atoms with Gasteiger partial charge < -0.3 is 14.3 Å². The van der Waals surface area contributed by atoms with Crippen LogP contribution >= 0.6 is 0 Å². The van der Waals surface area contributed by atoms with Gasteiger partial charge in [-0.1, -0.05) is 0 Å². The molecule has 0 radical (unpaired) electrons. The van der Waals surface area contributed by atoms with Gasteiger partial charge in [0.1, 0.15) is 5.76 Å². The van der Waals surface area contributed by atoms with Gasteiger partial charge in [0.25, 0.3) is 0 Å². The maximum absolute atomic E-state index is 12.0. The van der Waals surface area contributed by atoms with Crippen molar-refractivity contribution in [2.24, 2.45) is 5.92 Å². The van der Waals surface area contributed by atoms with Crippen molar-refractivity contribution in [3.8, 4) is 0 Å². The first kappa shape index (κ1) is 22.7. The average molecular weight is 428 g/mol. The highest BCUT2D eigenvalue weighted by Gasteiger charge is 2.47. The number of sulfonamides is 1. The normalized spacial score (nSPS) is 26.4. The summed E-state index contributed by atoms with van der Waals surface area (Å²) >= 11 is 0. The molecule has 0 saturated carbocycles. The number of likely N-dealkylation sites (tertiary alicyclic amines) is 1. The van der Waals surface area contributed by atoms with Gasteiger partial charge in [0.15, 0.2) is 0 Å². The molecule has 2 fully saturated rings. The van der Waals surface area contributed by atoms with Crippen molar-refractivity contribution in [3.63, 3.8) is 0 Å². The van der Waals surface area contributed by atoms with E-state index < -0.39 is 22.2 Å². The van der Waals surface area contributed by atoms with E-state index in [-0.39, 0.29) is 18.1 Å². The topological polar surface area (TPSA) is 100 Å². The second-order valence-electron chi connectivity index (χ2n) is 6.74. The minimum atomic E-state index is -5.08. The number of rotatable bonds is 4. The van der Waals surface area contributed by atoms with Crippen molar-refractivity contribution in [3.05, 3.63) is 24.2 Å². The maximum atomic E-state index is 12.0. The molecule has 1 N–H and O–H groups in total. The average Bonchev–Trinajstić information content (AvgIpc) is 3.22. The molecule has 2 aliphatic heterocycles. The van der Waals surface area contributed by atoms with E-state index in [9.17, 15) is 21.6 Å². The number of carboxylic acid groups (broad SMARTS) is 1. The van der Waals surface area contributed by atoms with E-state index in [2.05, 4.69) is 4.90 Å². The molecule has 0 aromatic carbocycles. The Labute approximate surface area is 160 Å². The van der Waals surface area contributed by atoms with Crippen molar-refractivity contribution in [2.45, 2.75) is 31.3 Å². The van der Waals surface area contributed by atoms with Crippen LogP contribution in [0.5, 0.6) is 0 Å². The molecule has 0 unspecified atom stereocenters. The molecule has 0 spiro atoms. The zero-order chi connectivity index (χ0) is 21.1. The Balaban J connectivity index is 0.000000345. The van der Waals surface area contributed by atoms with Crippen LogP contribution in [0.4, 0.5) is 13.2 Å². The van der Waals surface area contributed by atoms with Gasteiger partial charge in [-0.3, -0.25) is 4.90 Å². The molecule has 28 heavy (non-hydrogen) atoms. The number of hydrogen-bond acceptors (Lipinski definition) is 6. The van der Waals surface area contributed by atoms with Gasteiger partial charge in [-0.2, -0.15) is 17.5 Å². The van der Waals surface area contributed by atoms with Gasteiger partial charge >= 0.3 is 12.1 Å². The van der Waals surface area contributed by atoms with Crippen LogP contribution in [0.1, 0.15) is 12.2 Å². The summed E-state index contributed by atoms with van der Waals surface area (Å²) in [5.41, 5.74) is 0. The Hall–Kier alpha value is -1.63. The van der Waals surface area contributed by atoms with Crippen LogP contribution < -0.4 is 0 Å². The number of alkyl halides is 3. The zero-order valence-corrected chi connectivity index (χ0v) is 16.2. The minimum absolute atomic E-state index is 0.00802. The maximum Gasteiger partial charge on any atom is 0.490 e. The molecule has 3 rings (SSSR count). The van der Waals surface area contributed by atoms with Gasteiger partial charge in [0.05, 0.1) is 25.2 Å². The first-order valence-corrected chi connectivity index (χ1v) is 10.3. The lowest BCUT2D eigenvalue weighted by Gasteiger charge is -2.39. The Bertz CT molecular complexity index is 753. The molecule has 1 aromatic heterocycles. The summed E-state index contributed by atoms with van der Waals surface area (Å²) in [6.07, 6.45) is -1.22. The van der Waals surface area contributed by atoms with Gasteiger partial charge in [0, 0.05) is 38.7 Å². The van der Waals surface area contributed by atoms with Crippen LogP contribution in [0.3, 0.4) is 0 Å². The SMILES string of the molecule is CO[C@H]1CCN(S(C)(=O)=O)[C@@H]2CN(Cc3ccco3)C[C@H]12.O=C(O)C(F)(F)F. The zero-order valence-electron chi connectivity index (χ0n) is 15.4. The minimum Gasteiger partial charge on any atom is -0.475 e. The fraction of sp³-hybridized carbons (Fsp3) is 0.688. The molecule has 0 amide bonds. The number of ether oxygens (including phenoxy) is 1. The highest BCUT2D eigenvalue weighted by molar-refractivity contribution is 7.88. The summed E-state index contributed by atoms with van der Waals surface area (Å²) < 4.78 is 68.3. The van der Waals surface area contributed by atoms with E-state index in [4.69, 9.17) is 19.1 Å². The predicted molar refractivity (Wildman–Crippen MR) is 91.9 cm³/mol. The van der Waals surface area contributed by atoms with Crippen molar-refractivity contribution in [1.82, 2.24) is 9.21 Å². The van der Waals surface area contributed by atoms with Crippen molar-refractivity contribution in [2.75, 3.05) is 33.0 Å². The summed E-state index contributed by atoms with van der Waals surface area (Å²) in [4.78, 5) is 11.1. The van der Waals surface area contributed by atoms with Crippen LogP contribution in [0, 0.1) is 5.92 Å². The van der Waals surface area contributed by atoms with Crippen LogP contribution in [0.25, 0.3) is 0 Å². The van der Waals surface area contributed by atoms with E-state index in [0.717, 1.165) is 25.3 Å². The molecule has 160 valence electrons. The first-order chi connectivity index (χ1) is 12.9. The number of furan rings is 1. The van der Waals surface area contributed by atoms with Gasteiger partial charge in [0.2, 0.25) is 10.0 Å². The van der Waals surface area contributed by atoms with E-state index in [1.807, 2.05) is 12.1 Å². The summed E-state index contributed by atoms with van der Waals surface area (Å²) in [6.45, 7) is 2.84. The summed E-state index contributed by atoms with van der Waals surface area (Å²) in [5.74, 6) is -1.62. The van der Waals surface area contributed by atoms with Crippen LogP contribution in [0.2, 0.25) is 0 Å². The fourth-order valence-electron chi connectivity index (χ4n) is 3.66. The molecule has 2 saturated heterocycles. The van der Waals surface area contributed by atoms with Gasteiger partial charge in [-0.05, 0) is 18.6 Å². The van der Waals surface area contributed by atoms with Gasteiger partial charge in [-0.15, -0.1) is 0 Å². The number of methoxy groups -OCH3 is 1. The van der Waals surface area contributed by atoms with E-state index in [0.29, 0.717) is 13.1 Å². The second-order valence-corrected chi connectivity index (χ2v) is 8.68. The number of fused-ring (bicyclic) bond motifs is 1. The Kier molecular flexibility index (Phi) is 7.12. The third-order valence-electron chi connectivity index (χ3n) is 4.82. The number of hydrogen-bond donors (Lipinski definition) is 1. The van der Waals surface area contributed by atoms with E-state index >= 15 is 0 Å². The van der Waals surface area contributed by atoms with Crippen molar-refractivity contribution >= 4 is 16.0 Å². The number of piperidine rings is 1. The number of carboxylic acids is 1. The number of nitrogens with zero attached hydrogens (tertiary/aromatic N) is 2. The van der Waals surface area contributed by atoms with Crippen LogP contribution in [0.15, 0.2) is 22.8 Å². The monoisotopic (exact) mass is 428 g/mol. The highest BCUT2D eigenvalue weighted by Crippen LogP contribution is 2.34. The molecule has 0 bridgehead atoms. The first-order valence-electron chi connectivity index (χ1n) is 8.48. The number of halogens is 3. The number of carbonyl (C=O) groups is 1. The van der Waals surface area contributed by atoms with Crippen LogP contribution in [-0.2, 0) is 26.1 Å². The largest absolute Gasteiger partial charge is 0.490 e. The molecule has 3 heterocycles. The molecule has 0 aliphatic carbocycles. The quantitative estimate of drug-likeness (QED) is 0.774. The lowest BCUT2D eigenvalue weighted by Crippen LogP contribution is -2.53. The third kappa shape index (κ3) is 5.69. The van der Waals surface area contributed by atoms with E-state index in [1.54, 1.807) is 17.7 Å². The lowest BCUT2D eigenvalue weighted by molar-refractivity contribution is -0.192. The van der Waals surface area contributed by atoms with Crippen molar-refractivity contribution in [1.29, 1.82) is 0 Å². The molecular formula is C16H23F3N2O6S. The van der Waals surface area contributed by atoms with Gasteiger partial charge in [-0.25, -0.2) is 13.2 Å². The highest BCUT2D eigenvalue weighted by atomic mass is 32.2. The Morgan fingerprint density at radius 3 is 2.50 bits per heavy atom. The fourth-order valence-corrected chi connectivity index (χ4v) is 4.81. The Morgan fingerprint density at radius 2 is 2.04 bits per heavy atom. The van der Waals surface area contributed by atoms with Crippen molar-refractivity contribution < 1.29 is 40.6 Å². The van der Waals surface area contributed by atoms with E-state index in [1.165, 1.54) is 6.26 Å². The second kappa shape index (κ2) is 8.80. The molecule has 12 heteroatoms.